The molecule has 0 fully saturated rings. The number of benzene rings is 2. The van der Waals surface area contributed by atoms with Crippen LogP contribution in [0.25, 0.3) is 11.4 Å². The van der Waals surface area contributed by atoms with Gasteiger partial charge in [0.25, 0.3) is 0 Å². The van der Waals surface area contributed by atoms with Gasteiger partial charge in [0.05, 0.1) is 20.8 Å². The molecule has 0 aliphatic heterocycles. The largest absolute Gasteiger partial charge is 0.497 e. The third-order valence-corrected chi connectivity index (χ3v) is 6.03. The summed E-state index contributed by atoms with van der Waals surface area (Å²) >= 11 is 5.97. The van der Waals surface area contributed by atoms with E-state index in [1.165, 1.54) is 33.4 Å². The summed E-state index contributed by atoms with van der Waals surface area (Å²) in [6.45, 7) is -0.115. The predicted molar refractivity (Wildman–Crippen MR) is 103 cm³/mol. The number of hydrogen-bond donors (Lipinski definition) is 0. The van der Waals surface area contributed by atoms with E-state index in [-0.39, 0.29) is 23.1 Å². The number of ether oxygens (including phenoxy) is 2. The Hall–Kier alpha value is -2.62. The zero-order valence-electron chi connectivity index (χ0n) is 15.4. The molecule has 0 saturated heterocycles. The monoisotopic (exact) mass is 423 g/mol. The van der Waals surface area contributed by atoms with Crippen LogP contribution < -0.4 is 9.47 Å². The maximum Gasteiger partial charge on any atom is 0.247 e. The van der Waals surface area contributed by atoms with Crippen molar-refractivity contribution < 1.29 is 22.4 Å². The van der Waals surface area contributed by atoms with Crippen LogP contribution in [0.1, 0.15) is 5.89 Å². The zero-order valence-corrected chi connectivity index (χ0v) is 17.0. The van der Waals surface area contributed by atoms with E-state index in [1.807, 2.05) is 0 Å². The predicted octanol–water partition coefficient (Wildman–Crippen LogP) is 3.23. The first-order valence-corrected chi connectivity index (χ1v) is 9.94. The number of hydrogen-bond acceptors (Lipinski definition) is 7. The number of rotatable bonds is 7. The van der Waals surface area contributed by atoms with Crippen LogP contribution in [-0.4, -0.2) is 44.1 Å². The van der Waals surface area contributed by atoms with Gasteiger partial charge in [-0.2, -0.15) is 9.29 Å². The van der Waals surface area contributed by atoms with E-state index in [2.05, 4.69) is 10.1 Å². The Bertz CT molecular complexity index is 1080. The normalized spacial score (nSPS) is 11.6. The van der Waals surface area contributed by atoms with Crippen LogP contribution in [0.2, 0.25) is 5.02 Å². The summed E-state index contributed by atoms with van der Waals surface area (Å²) in [4.78, 5) is 4.22. The summed E-state index contributed by atoms with van der Waals surface area (Å²) in [6.07, 6.45) is 0. The van der Waals surface area contributed by atoms with Crippen molar-refractivity contribution in [2.45, 2.75) is 11.4 Å². The molecule has 0 atom stereocenters. The second kappa shape index (κ2) is 8.17. The molecule has 0 N–H and O–H groups in total. The van der Waals surface area contributed by atoms with Crippen LogP contribution in [0, 0.1) is 0 Å². The number of sulfonamides is 1. The average Bonchev–Trinajstić information content (AvgIpc) is 3.16. The summed E-state index contributed by atoms with van der Waals surface area (Å²) in [7, 11) is 0.374. The molecule has 0 spiro atoms. The lowest BCUT2D eigenvalue weighted by molar-refractivity contribution is 0.335. The highest BCUT2D eigenvalue weighted by atomic mass is 35.5. The Morgan fingerprint density at radius 2 is 1.93 bits per heavy atom. The third-order valence-electron chi connectivity index (χ3n) is 3.97. The Morgan fingerprint density at radius 1 is 1.14 bits per heavy atom. The molecule has 28 heavy (non-hydrogen) atoms. The van der Waals surface area contributed by atoms with Gasteiger partial charge in [0.2, 0.25) is 21.7 Å². The fourth-order valence-electron chi connectivity index (χ4n) is 2.49. The minimum Gasteiger partial charge on any atom is -0.497 e. The second-order valence-corrected chi connectivity index (χ2v) is 8.25. The molecule has 1 heterocycles. The number of halogens is 1. The highest BCUT2D eigenvalue weighted by Crippen LogP contribution is 2.30. The van der Waals surface area contributed by atoms with Gasteiger partial charge in [-0.3, -0.25) is 0 Å². The maximum absolute atomic E-state index is 13.0. The van der Waals surface area contributed by atoms with Crippen LogP contribution >= 0.6 is 11.6 Å². The smallest absolute Gasteiger partial charge is 0.247 e. The molecule has 0 unspecified atom stereocenters. The van der Waals surface area contributed by atoms with Gasteiger partial charge in [0, 0.05) is 23.7 Å². The maximum atomic E-state index is 13.0. The van der Waals surface area contributed by atoms with Crippen molar-refractivity contribution in [2.75, 3.05) is 21.3 Å². The quantitative estimate of drug-likeness (QED) is 0.575. The van der Waals surface area contributed by atoms with Crippen molar-refractivity contribution in [3.63, 3.8) is 0 Å². The van der Waals surface area contributed by atoms with E-state index in [4.69, 9.17) is 25.6 Å². The van der Waals surface area contributed by atoms with Gasteiger partial charge >= 0.3 is 0 Å². The van der Waals surface area contributed by atoms with Gasteiger partial charge < -0.3 is 14.0 Å². The summed E-state index contributed by atoms with van der Waals surface area (Å²) in [5, 5.41) is 4.42. The first kappa shape index (κ1) is 20.1. The Kier molecular flexibility index (Phi) is 5.87. The zero-order chi connectivity index (χ0) is 20.3. The fraction of sp³-hybridized carbons (Fsp3) is 0.222. The van der Waals surface area contributed by atoms with E-state index in [0.29, 0.717) is 22.2 Å². The Labute approximate surface area is 167 Å². The van der Waals surface area contributed by atoms with Gasteiger partial charge in [-0.15, -0.1) is 0 Å². The first-order chi connectivity index (χ1) is 13.3. The molecule has 2 aromatic carbocycles. The standard InChI is InChI=1S/C18H18ClN3O5S/c1-22(28(23,24)16-10-14(25-2)7-8-15(16)26-3)11-17-20-18(21-27-17)12-5-4-6-13(19)9-12/h4-10H,11H2,1-3H3. The molecular formula is C18H18ClN3O5S. The molecule has 3 rings (SSSR count). The van der Waals surface area contributed by atoms with Crippen molar-refractivity contribution in [1.82, 2.24) is 14.4 Å². The highest BCUT2D eigenvalue weighted by Gasteiger charge is 2.27. The first-order valence-electron chi connectivity index (χ1n) is 8.12. The van der Waals surface area contributed by atoms with Crippen molar-refractivity contribution in [2.24, 2.45) is 0 Å². The summed E-state index contributed by atoms with van der Waals surface area (Å²) < 4.78 is 42.6. The van der Waals surface area contributed by atoms with Gasteiger partial charge in [-0.05, 0) is 24.3 Å². The average molecular weight is 424 g/mol. The molecule has 0 aliphatic rings. The van der Waals surface area contributed by atoms with Crippen LogP contribution in [0.5, 0.6) is 11.5 Å². The van der Waals surface area contributed by atoms with Crippen LogP contribution in [0.15, 0.2) is 51.9 Å². The molecule has 8 nitrogen and oxygen atoms in total. The lowest BCUT2D eigenvalue weighted by Crippen LogP contribution is -2.27. The lowest BCUT2D eigenvalue weighted by Gasteiger charge is -2.17. The van der Waals surface area contributed by atoms with Crippen molar-refractivity contribution in [1.29, 1.82) is 0 Å². The molecule has 148 valence electrons. The molecule has 0 bridgehead atoms. The molecule has 10 heteroatoms. The number of aromatic nitrogens is 2. The van der Waals surface area contributed by atoms with Crippen LogP contribution in [-0.2, 0) is 16.6 Å². The fourth-order valence-corrected chi connectivity index (χ4v) is 3.97. The minimum absolute atomic E-state index is 0.0218. The van der Waals surface area contributed by atoms with E-state index in [9.17, 15) is 8.42 Å². The molecule has 0 aliphatic carbocycles. The van der Waals surface area contributed by atoms with Gasteiger partial charge in [0.1, 0.15) is 16.4 Å². The summed E-state index contributed by atoms with van der Waals surface area (Å²) in [5.74, 6) is 1.07. The summed E-state index contributed by atoms with van der Waals surface area (Å²) in [6, 6.07) is 11.5. The third kappa shape index (κ3) is 4.11. The van der Waals surface area contributed by atoms with E-state index >= 15 is 0 Å². The van der Waals surface area contributed by atoms with E-state index in [1.54, 1.807) is 30.3 Å². The van der Waals surface area contributed by atoms with E-state index < -0.39 is 10.0 Å². The highest BCUT2D eigenvalue weighted by molar-refractivity contribution is 7.89. The Morgan fingerprint density at radius 3 is 2.61 bits per heavy atom. The van der Waals surface area contributed by atoms with E-state index in [0.717, 1.165) is 4.31 Å². The SMILES string of the molecule is COc1ccc(OC)c(S(=O)(=O)N(C)Cc2nc(-c3cccc(Cl)c3)no2)c1. The Balaban J connectivity index is 1.86. The lowest BCUT2D eigenvalue weighted by atomic mass is 10.2. The topological polar surface area (TPSA) is 94.8 Å². The molecular weight excluding hydrogens is 406 g/mol. The van der Waals surface area contributed by atoms with Gasteiger partial charge in [-0.1, -0.05) is 28.9 Å². The summed E-state index contributed by atoms with van der Waals surface area (Å²) in [5.41, 5.74) is 0.669. The minimum atomic E-state index is -3.90. The molecule has 0 amide bonds. The van der Waals surface area contributed by atoms with Crippen LogP contribution in [0.3, 0.4) is 0 Å². The van der Waals surface area contributed by atoms with Crippen LogP contribution in [0.4, 0.5) is 0 Å². The molecule has 3 aromatic rings. The van der Waals surface area contributed by atoms with Crippen molar-refractivity contribution in [3.8, 4) is 22.9 Å². The molecule has 1 aromatic heterocycles. The molecule has 0 saturated carbocycles. The second-order valence-electron chi connectivity index (χ2n) is 5.80. The molecule has 0 radical (unpaired) electrons. The van der Waals surface area contributed by atoms with Crippen molar-refractivity contribution in [3.05, 3.63) is 53.4 Å². The van der Waals surface area contributed by atoms with Gasteiger partial charge in [-0.25, -0.2) is 8.42 Å². The van der Waals surface area contributed by atoms with Gasteiger partial charge in [0.15, 0.2) is 0 Å². The van der Waals surface area contributed by atoms with Crippen molar-refractivity contribution >= 4 is 21.6 Å². The number of methoxy groups -OCH3 is 2. The number of nitrogens with zero attached hydrogens (tertiary/aromatic N) is 3.